The van der Waals surface area contributed by atoms with Crippen LogP contribution in [-0.2, 0) is 38.1 Å². The number of hydrogen-bond donors (Lipinski definition) is 0. The minimum Gasteiger partial charge on any atom is -0.462 e. The fourth-order valence-corrected chi connectivity index (χ4v) is 3.42. The van der Waals surface area contributed by atoms with E-state index in [0.717, 1.165) is 6.92 Å². The summed E-state index contributed by atoms with van der Waals surface area (Å²) in [6.45, 7) is -0.487. The minimum absolute atomic E-state index is 0.628. The fourth-order valence-electron chi connectivity index (χ4n) is 3.42. The molecular weight excluding hydrogens is 584 g/mol. The van der Waals surface area contributed by atoms with E-state index < -0.39 is 111 Å². The summed E-state index contributed by atoms with van der Waals surface area (Å²) in [5, 5.41) is 0. The van der Waals surface area contributed by atoms with Gasteiger partial charge in [-0.25, -0.2) is 0 Å². The highest BCUT2D eigenvalue weighted by Crippen LogP contribution is 2.42. The fraction of sp³-hybridized carbons (Fsp3) is 0.789. The van der Waals surface area contributed by atoms with Crippen LogP contribution in [0.5, 0.6) is 0 Å². The number of rotatable bonds is 8. The molecule has 1 aliphatic rings. The van der Waals surface area contributed by atoms with E-state index in [9.17, 15) is 71.9 Å². The Labute approximate surface area is 209 Å². The topological polar surface area (TPSA) is 105 Å². The van der Waals surface area contributed by atoms with E-state index in [0.29, 0.717) is 0 Å². The molecule has 226 valence electrons. The molecule has 8 nitrogen and oxygen atoms in total. The van der Waals surface area contributed by atoms with Gasteiger partial charge in [0.2, 0.25) is 0 Å². The first kappa shape index (κ1) is 34.1. The molecule has 20 heteroatoms. The maximum Gasteiger partial charge on any atom is 0.434 e. The summed E-state index contributed by atoms with van der Waals surface area (Å²) in [7, 11) is 0. The van der Waals surface area contributed by atoms with Gasteiger partial charge in [0.25, 0.3) is 12.2 Å². The molecule has 0 aliphatic heterocycles. The predicted molar refractivity (Wildman–Crippen MR) is 95.9 cm³/mol. The first-order valence-electron chi connectivity index (χ1n) is 10.4. The molecule has 3 unspecified atom stereocenters. The van der Waals surface area contributed by atoms with Crippen molar-refractivity contribution < 1.29 is 90.8 Å². The smallest absolute Gasteiger partial charge is 0.434 e. The van der Waals surface area contributed by atoms with Crippen LogP contribution in [0, 0.1) is 17.8 Å². The van der Waals surface area contributed by atoms with Gasteiger partial charge in [0.05, 0.1) is 17.8 Å². The molecular formula is C19H18F12O8. The van der Waals surface area contributed by atoms with E-state index in [4.69, 9.17) is 0 Å². The zero-order chi connectivity index (χ0) is 30.6. The van der Waals surface area contributed by atoms with Crippen LogP contribution >= 0.6 is 0 Å². The summed E-state index contributed by atoms with van der Waals surface area (Å²) < 4.78 is 169. The van der Waals surface area contributed by atoms with Crippen LogP contribution in [0.2, 0.25) is 0 Å². The van der Waals surface area contributed by atoms with Gasteiger partial charge >= 0.3 is 48.6 Å². The van der Waals surface area contributed by atoms with Crippen LogP contribution in [-0.4, -0.2) is 74.0 Å². The van der Waals surface area contributed by atoms with E-state index in [2.05, 4.69) is 18.9 Å². The van der Waals surface area contributed by atoms with E-state index in [1.54, 1.807) is 0 Å². The normalized spacial score (nSPS) is 20.9. The Bertz CT molecular complexity index is 865. The molecule has 1 saturated carbocycles. The number of hydrogen-bond acceptors (Lipinski definition) is 8. The van der Waals surface area contributed by atoms with Gasteiger partial charge in [0, 0.05) is 6.92 Å². The van der Waals surface area contributed by atoms with Crippen LogP contribution in [0.4, 0.5) is 52.7 Å². The molecule has 0 radical (unpaired) electrons. The third kappa shape index (κ3) is 10.3. The molecule has 39 heavy (non-hydrogen) atoms. The SMILES string of the molecule is CC(=O)OCCOC(=O)C1CC(C(=O)OC(C(F)(F)F)C(F)(F)F)CCC1C(=O)OC(C(F)(F)F)C(F)(F)F. The highest BCUT2D eigenvalue weighted by atomic mass is 19.4. The summed E-state index contributed by atoms with van der Waals surface area (Å²) >= 11 is 0. The Morgan fingerprint density at radius 3 is 1.44 bits per heavy atom. The molecule has 1 rings (SSSR count). The Balaban J connectivity index is 3.19. The van der Waals surface area contributed by atoms with E-state index in [1.165, 1.54) is 0 Å². The standard InChI is InChI=1S/C19H18F12O8/c1-7(32)36-4-5-37-12(34)10-6-8(11(33)38-14(16(20,21)22)17(23,24)25)2-3-9(10)13(35)39-15(18(26,27)28)19(29,30)31/h8-10,14-15H,2-6H2,1H3. The number of carbonyl (C=O) groups excluding carboxylic acids is 4. The quantitative estimate of drug-likeness (QED) is 0.176. The van der Waals surface area contributed by atoms with Crippen molar-refractivity contribution in [1.82, 2.24) is 0 Å². The second-order valence-corrected chi connectivity index (χ2v) is 8.03. The molecule has 0 N–H and O–H groups in total. The molecule has 1 aliphatic carbocycles. The molecule has 0 heterocycles. The molecule has 0 aromatic carbocycles. The molecule has 0 aromatic heterocycles. The zero-order valence-electron chi connectivity index (χ0n) is 19.2. The third-order valence-electron chi connectivity index (χ3n) is 5.08. The Morgan fingerprint density at radius 2 is 1.03 bits per heavy atom. The minimum atomic E-state index is -6.15. The number of halogens is 12. The number of esters is 4. The predicted octanol–water partition coefficient (Wildman–Crippen LogP) is 4.20. The van der Waals surface area contributed by atoms with E-state index >= 15 is 0 Å². The van der Waals surface area contributed by atoms with Crippen molar-refractivity contribution >= 4 is 23.9 Å². The van der Waals surface area contributed by atoms with Gasteiger partial charge in [-0.1, -0.05) is 0 Å². The van der Waals surface area contributed by atoms with Gasteiger partial charge in [-0.15, -0.1) is 0 Å². The maximum atomic E-state index is 12.8. The van der Waals surface area contributed by atoms with Crippen LogP contribution in [0.15, 0.2) is 0 Å². The maximum absolute atomic E-state index is 12.8. The number of carbonyl (C=O) groups is 4. The zero-order valence-corrected chi connectivity index (χ0v) is 19.2. The number of ether oxygens (including phenoxy) is 4. The molecule has 0 aromatic rings. The van der Waals surface area contributed by atoms with Crippen molar-refractivity contribution in [3.63, 3.8) is 0 Å². The monoisotopic (exact) mass is 602 g/mol. The lowest BCUT2D eigenvalue weighted by Crippen LogP contribution is -2.49. The second-order valence-electron chi connectivity index (χ2n) is 8.03. The molecule has 0 bridgehead atoms. The largest absolute Gasteiger partial charge is 0.462 e. The van der Waals surface area contributed by atoms with Crippen LogP contribution in [0.25, 0.3) is 0 Å². The highest BCUT2D eigenvalue weighted by Gasteiger charge is 2.62. The van der Waals surface area contributed by atoms with Gasteiger partial charge in [-0.3, -0.25) is 19.2 Å². The van der Waals surface area contributed by atoms with Gasteiger partial charge in [-0.2, -0.15) is 52.7 Å². The highest BCUT2D eigenvalue weighted by molar-refractivity contribution is 5.84. The summed E-state index contributed by atoms with van der Waals surface area (Å²) in [4.78, 5) is 47.5. The van der Waals surface area contributed by atoms with E-state index in [1.807, 2.05) is 0 Å². The lowest BCUT2D eigenvalue weighted by Gasteiger charge is -2.34. The van der Waals surface area contributed by atoms with Gasteiger partial charge in [0.1, 0.15) is 13.2 Å². The van der Waals surface area contributed by atoms with Gasteiger partial charge < -0.3 is 18.9 Å². The Morgan fingerprint density at radius 1 is 0.615 bits per heavy atom. The summed E-state index contributed by atoms with van der Waals surface area (Å²) in [5.41, 5.74) is 0. The lowest BCUT2D eigenvalue weighted by molar-refractivity contribution is -0.316. The molecule has 0 saturated heterocycles. The van der Waals surface area contributed by atoms with Crippen LogP contribution < -0.4 is 0 Å². The van der Waals surface area contributed by atoms with Gasteiger partial charge in [-0.05, 0) is 19.3 Å². The average molecular weight is 602 g/mol. The Hall–Kier alpha value is -2.96. The second kappa shape index (κ2) is 12.5. The molecule has 1 fully saturated rings. The first-order chi connectivity index (χ1) is 17.5. The van der Waals surface area contributed by atoms with Crippen molar-refractivity contribution in [1.29, 1.82) is 0 Å². The van der Waals surface area contributed by atoms with Crippen LogP contribution in [0.1, 0.15) is 26.2 Å². The van der Waals surface area contributed by atoms with Gasteiger partial charge in [0.15, 0.2) is 0 Å². The van der Waals surface area contributed by atoms with Crippen molar-refractivity contribution in [2.45, 2.75) is 63.1 Å². The molecule has 3 atom stereocenters. The van der Waals surface area contributed by atoms with Crippen molar-refractivity contribution in [3.8, 4) is 0 Å². The summed E-state index contributed by atoms with van der Waals surface area (Å²) in [5.74, 6) is -13.3. The molecule has 0 amide bonds. The van der Waals surface area contributed by atoms with Crippen LogP contribution in [0.3, 0.4) is 0 Å². The third-order valence-corrected chi connectivity index (χ3v) is 5.08. The number of alkyl halides is 12. The van der Waals surface area contributed by atoms with Crippen molar-refractivity contribution in [2.75, 3.05) is 13.2 Å². The first-order valence-corrected chi connectivity index (χ1v) is 10.4. The average Bonchev–Trinajstić information content (AvgIpc) is 2.74. The lowest BCUT2D eigenvalue weighted by atomic mass is 9.74. The Kier molecular flexibility index (Phi) is 10.9. The summed E-state index contributed by atoms with van der Waals surface area (Å²) in [6.07, 6.45) is -36.8. The summed E-state index contributed by atoms with van der Waals surface area (Å²) in [6, 6.07) is 0. The molecule has 0 spiro atoms. The van der Waals surface area contributed by atoms with E-state index in [-0.39, 0.29) is 0 Å². The van der Waals surface area contributed by atoms with Crippen molar-refractivity contribution in [2.24, 2.45) is 17.8 Å². The van der Waals surface area contributed by atoms with Crippen molar-refractivity contribution in [3.05, 3.63) is 0 Å².